The highest BCUT2D eigenvalue weighted by atomic mass is 19.1. The number of piperidine rings is 1. The summed E-state index contributed by atoms with van der Waals surface area (Å²) in [4.78, 5) is 4.53. The minimum atomic E-state index is -0.192. The molecule has 100 valence electrons. The normalized spacial score (nSPS) is 16.7. The Kier molecular flexibility index (Phi) is 3.34. The molecule has 0 bridgehead atoms. The number of aromatic nitrogens is 2. The van der Waals surface area contributed by atoms with Crippen LogP contribution in [0.1, 0.15) is 24.6 Å². The molecule has 19 heavy (non-hydrogen) atoms. The highest BCUT2D eigenvalue weighted by Crippen LogP contribution is 2.29. The van der Waals surface area contributed by atoms with Crippen molar-refractivity contribution in [3.8, 4) is 11.3 Å². The fraction of sp³-hybridized carbons (Fsp3) is 0.400. The molecule has 0 aliphatic carbocycles. The van der Waals surface area contributed by atoms with Crippen molar-refractivity contribution in [2.45, 2.75) is 18.8 Å². The average molecular weight is 259 g/mol. The van der Waals surface area contributed by atoms with Gasteiger partial charge in [-0.15, -0.1) is 0 Å². The lowest BCUT2D eigenvalue weighted by Gasteiger charge is -2.22. The predicted molar refractivity (Wildman–Crippen MR) is 73.4 cm³/mol. The summed E-state index contributed by atoms with van der Waals surface area (Å²) in [5.74, 6) is 1.36. The summed E-state index contributed by atoms with van der Waals surface area (Å²) in [7, 11) is 1.98. The maximum Gasteiger partial charge on any atom is 0.132 e. The van der Waals surface area contributed by atoms with Crippen LogP contribution in [0.15, 0.2) is 30.5 Å². The molecular weight excluding hydrogens is 241 g/mol. The SMILES string of the molecule is Cn1c(-c2ccccc2F)cnc1C1CCNCC1. The minimum absolute atomic E-state index is 0.192. The first-order valence-corrected chi connectivity index (χ1v) is 6.74. The third-order valence-corrected chi connectivity index (χ3v) is 3.88. The van der Waals surface area contributed by atoms with Gasteiger partial charge < -0.3 is 9.88 Å². The van der Waals surface area contributed by atoms with E-state index >= 15 is 0 Å². The molecule has 3 rings (SSSR count). The van der Waals surface area contributed by atoms with Crippen LogP contribution in [-0.4, -0.2) is 22.6 Å². The van der Waals surface area contributed by atoms with Gasteiger partial charge in [-0.25, -0.2) is 9.37 Å². The third kappa shape index (κ3) is 2.28. The molecule has 1 aromatic carbocycles. The monoisotopic (exact) mass is 259 g/mol. The first-order chi connectivity index (χ1) is 9.27. The van der Waals surface area contributed by atoms with E-state index in [1.807, 2.05) is 17.7 Å². The number of hydrogen-bond donors (Lipinski definition) is 1. The Morgan fingerprint density at radius 3 is 2.74 bits per heavy atom. The standard InChI is InChI=1S/C15H18FN3/c1-19-14(12-4-2-3-5-13(12)16)10-18-15(19)11-6-8-17-9-7-11/h2-5,10-11,17H,6-9H2,1H3. The zero-order valence-corrected chi connectivity index (χ0v) is 11.1. The zero-order valence-electron chi connectivity index (χ0n) is 11.1. The van der Waals surface area contributed by atoms with Crippen molar-refractivity contribution in [2.24, 2.45) is 7.05 Å². The van der Waals surface area contributed by atoms with Gasteiger partial charge in [-0.3, -0.25) is 0 Å². The lowest BCUT2D eigenvalue weighted by Crippen LogP contribution is -2.27. The van der Waals surface area contributed by atoms with Crippen LogP contribution in [0.3, 0.4) is 0 Å². The van der Waals surface area contributed by atoms with E-state index < -0.39 is 0 Å². The van der Waals surface area contributed by atoms with E-state index in [0.29, 0.717) is 11.5 Å². The molecule has 0 amide bonds. The average Bonchev–Trinajstić information content (AvgIpc) is 2.82. The summed E-state index contributed by atoms with van der Waals surface area (Å²) < 4.78 is 15.9. The second-order valence-electron chi connectivity index (χ2n) is 5.06. The van der Waals surface area contributed by atoms with Gasteiger partial charge in [0.1, 0.15) is 11.6 Å². The Labute approximate surface area is 112 Å². The molecule has 4 heteroatoms. The van der Waals surface area contributed by atoms with Crippen molar-refractivity contribution in [2.75, 3.05) is 13.1 Å². The third-order valence-electron chi connectivity index (χ3n) is 3.88. The fourth-order valence-corrected chi connectivity index (χ4v) is 2.80. The summed E-state index contributed by atoms with van der Waals surface area (Å²) in [6.07, 6.45) is 3.99. The Bertz CT molecular complexity index is 571. The summed E-state index contributed by atoms with van der Waals surface area (Å²) >= 11 is 0. The molecule has 1 fully saturated rings. The van der Waals surface area contributed by atoms with Crippen LogP contribution >= 0.6 is 0 Å². The molecule has 1 N–H and O–H groups in total. The number of hydrogen-bond acceptors (Lipinski definition) is 2. The van der Waals surface area contributed by atoms with Gasteiger partial charge in [0.25, 0.3) is 0 Å². The molecule has 0 spiro atoms. The van der Waals surface area contributed by atoms with Crippen LogP contribution in [0.25, 0.3) is 11.3 Å². The molecule has 1 aliphatic heterocycles. The van der Waals surface area contributed by atoms with Crippen LogP contribution < -0.4 is 5.32 Å². The molecule has 0 saturated carbocycles. The van der Waals surface area contributed by atoms with Gasteiger partial charge in [-0.05, 0) is 38.1 Å². The van der Waals surface area contributed by atoms with E-state index in [1.165, 1.54) is 6.07 Å². The first-order valence-electron chi connectivity index (χ1n) is 6.74. The van der Waals surface area contributed by atoms with E-state index in [1.54, 1.807) is 18.3 Å². The van der Waals surface area contributed by atoms with Crippen LogP contribution in [0.4, 0.5) is 4.39 Å². The van der Waals surface area contributed by atoms with E-state index in [0.717, 1.165) is 37.4 Å². The van der Waals surface area contributed by atoms with Crippen molar-refractivity contribution >= 4 is 0 Å². The molecule has 1 aliphatic rings. The van der Waals surface area contributed by atoms with Crippen molar-refractivity contribution < 1.29 is 4.39 Å². The van der Waals surface area contributed by atoms with Crippen molar-refractivity contribution in [3.05, 3.63) is 42.1 Å². The quantitative estimate of drug-likeness (QED) is 0.898. The largest absolute Gasteiger partial charge is 0.331 e. The van der Waals surface area contributed by atoms with Crippen molar-refractivity contribution in [1.82, 2.24) is 14.9 Å². The molecule has 1 saturated heterocycles. The number of nitrogens with one attached hydrogen (secondary N) is 1. The summed E-state index contributed by atoms with van der Waals surface area (Å²) in [5, 5.41) is 3.35. The maximum atomic E-state index is 13.9. The van der Waals surface area contributed by atoms with Crippen LogP contribution in [-0.2, 0) is 7.05 Å². The molecule has 1 aromatic heterocycles. The second kappa shape index (κ2) is 5.13. The van der Waals surface area contributed by atoms with Crippen molar-refractivity contribution in [1.29, 1.82) is 0 Å². The smallest absolute Gasteiger partial charge is 0.132 e. The Morgan fingerprint density at radius 2 is 2.00 bits per heavy atom. The van der Waals surface area contributed by atoms with Crippen LogP contribution in [0.5, 0.6) is 0 Å². The molecule has 3 nitrogen and oxygen atoms in total. The number of nitrogens with zero attached hydrogens (tertiary/aromatic N) is 2. The number of rotatable bonds is 2. The summed E-state index contributed by atoms with van der Waals surface area (Å²) in [6, 6.07) is 6.86. The van der Waals surface area contributed by atoms with E-state index in [2.05, 4.69) is 10.3 Å². The second-order valence-corrected chi connectivity index (χ2v) is 5.06. The van der Waals surface area contributed by atoms with Crippen LogP contribution in [0.2, 0.25) is 0 Å². The van der Waals surface area contributed by atoms with Gasteiger partial charge in [0.2, 0.25) is 0 Å². The maximum absolute atomic E-state index is 13.9. The molecule has 2 aromatic rings. The highest BCUT2D eigenvalue weighted by molar-refractivity contribution is 5.60. The van der Waals surface area contributed by atoms with Gasteiger partial charge in [-0.1, -0.05) is 12.1 Å². The number of benzene rings is 1. The van der Waals surface area contributed by atoms with Gasteiger partial charge in [-0.2, -0.15) is 0 Å². The summed E-state index contributed by atoms with van der Waals surface area (Å²) in [6.45, 7) is 2.07. The highest BCUT2D eigenvalue weighted by Gasteiger charge is 2.21. The molecule has 2 heterocycles. The molecular formula is C15H18FN3. The lowest BCUT2D eigenvalue weighted by atomic mass is 9.97. The zero-order chi connectivity index (χ0) is 13.2. The molecule has 0 unspecified atom stereocenters. The van der Waals surface area contributed by atoms with Gasteiger partial charge in [0.05, 0.1) is 11.9 Å². The van der Waals surface area contributed by atoms with Crippen LogP contribution in [0, 0.1) is 5.82 Å². The van der Waals surface area contributed by atoms with E-state index in [4.69, 9.17) is 0 Å². The van der Waals surface area contributed by atoms with Gasteiger partial charge in [0, 0.05) is 18.5 Å². The topological polar surface area (TPSA) is 29.9 Å². The first kappa shape index (κ1) is 12.4. The Balaban J connectivity index is 1.97. The van der Waals surface area contributed by atoms with Gasteiger partial charge >= 0.3 is 0 Å². The molecule has 0 radical (unpaired) electrons. The van der Waals surface area contributed by atoms with Crippen molar-refractivity contribution in [3.63, 3.8) is 0 Å². The van der Waals surface area contributed by atoms with E-state index in [9.17, 15) is 4.39 Å². The minimum Gasteiger partial charge on any atom is -0.331 e. The fourth-order valence-electron chi connectivity index (χ4n) is 2.80. The number of imidazole rings is 1. The predicted octanol–water partition coefficient (Wildman–Crippen LogP) is 2.69. The Morgan fingerprint density at radius 1 is 1.26 bits per heavy atom. The molecule has 0 atom stereocenters. The lowest BCUT2D eigenvalue weighted by molar-refractivity contribution is 0.437. The van der Waals surface area contributed by atoms with Gasteiger partial charge in [0.15, 0.2) is 0 Å². The number of halogens is 1. The Hall–Kier alpha value is -1.68. The summed E-state index contributed by atoms with van der Waals surface area (Å²) in [5.41, 5.74) is 1.48. The van der Waals surface area contributed by atoms with E-state index in [-0.39, 0.29) is 5.82 Å².